The van der Waals surface area contributed by atoms with Gasteiger partial charge in [-0.1, -0.05) is 18.5 Å². The first-order valence-corrected chi connectivity index (χ1v) is 6.44. The van der Waals surface area contributed by atoms with E-state index in [1.165, 1.54) is 12.1 Å². The lowest BCUT2D eigenvalue weighted by Crippen LogP contribution is -2.25. The Morgan fingerprint density at radius 1 is 1.53 bits per heavy atom. The molecule has 1 unspecified atom stereocenters. The predicted molar refractivity (Wildman–Crippen MR) is 66.1 cm³/mol. The lowest BCUT2D eigenvalue weighted by atomic mass is 10.1. The van der Waals surface area contributed by atoms with E-state index in [1.54, 1.807) is 17.8 Å². The summed E-state index contributed by atoms with van der Waals surface area (Å²) in [5.74, 6) is 1.67. The van der Waals surface area contributed by atoms with Crippen molar-refractivity contribution in [2.75, 3.05) is 11.5 Å². The molecule has 2 N–H and O–H groups in total. The summed E-state index contributed by atoms with van der Waals surface area (Å²) in [7, 11) is 0. The minimum Gasteiger partial charge on any atom is -0.327 e. The summed E-state index contributed by atoms with van der Waals surface area (Å²) in [6.45, 7) is 2.09. The minimum atomic E-state index is -0.259. The van der Waals surface area contributed by atoms with E-state index < -0.39 is 0 Å². The van der Waals surface area contributed by atoms with Crippen LogP contribution in [-0.4, -0.2) is 17.5 Å². The standard InChI is InChI=1S/C11H15ClFNS/c1-2-15-7-10(14)6-8-5-9(13)3-4-11(8)12/h3-5,10H,2,6-7,14H2,1H3. The molecule has 0 aliphatic carbocycles. The average Bonchev–Trinajstić information content (AvgIpc) is 2.20. The van der Waals surface area contributed by atoms with Crippen LogP contribution in [0.3, 0.4) is 0 Å². The highest BCUT2D eigenvalue weighted by Gasteiger charge is 2.08. The number of thioether (sulfide) groups is 1. The molecule has 0 aromatic heterocycles. The molecule has 0 fully saturated rings. The van der Waals surface area contributed by atoms with Crippen molar-refractivity contribution in [1.29, 1.82) is 0 Å². The summed E-state index contributed by atoms with van der Waals surface area (Å²) in [4.78, 5) is 0. The molecule has 4 heteroatoms. The van der Waals surface area contributed by atoms with Crippen molar-refractivity contribution in [3.63, 3.8) is 0 Å². The molecule has 1 rings (SSSR count). The van der Waals surface area contributed by atoms with Gasteiger partial charge in [-0.05, 0) is 35.9 Å². The molecule has 1 aromatic carbocycles. The van der Waals surface area contributed by atoms with E-state index in [0.29, 0.717) is 11.4 Å². The molecule has 0 heterocycles. The van der Waals surface area contributed by atoms with Crippen LogP contribution in [0.15, 0.2) is 18.2 Å². The summed E-state index contributed by atoms with van der Waals surface area (Å²) in [5, 5.41) is 0.591. The van der Waals surface area contributed by atoms with Gasteiger partial charge in [-0.25, -0.2) is 4.39 Å². The van der Waals surface area contributed by atoms with Crippen molar-refractivity contribution >= 4 is 23.4 Å². The van der Waals surface area contributed by atoms with Crippen LogP contribution in [0.25, 0.3) is 0 Å². The molecule has 0 spiro atoms. The van der Waals surface area contributed by atoms with Crippen LogP contribution in [0.4, 0.5) is 4.39 Å². The Balaban J connectivity index is 2.59. The Hall–Kier alpha value is -0.250. The molecule has 0 aliphatic rings. The van der Waals surface area contributed by atoms with Crippen LogP contribution < -0.4 is 5.73 Å². The van der Waals surface area contributed by atoms with Crippen LogP contribution in [-0.2, 0) is 6.42 Å². The van der Waals surface area contributed by atoms with Crippen molar-refractivity contribution in [2.24, 2.45) is 5.73 Å². The summed E-state index contributed by atoms with van der Waals surface area (Å²) in [6.07, 6.45) is 0.629. The van der Waals surface area contributed by atoms with Gasteiger partial charge < -0.3 is 5.73 Å². The van der Waals surface area contributed by atoms with E-state index in [4.69, 9.17) is 17.3 Å². The maximum atomic E-state index is 12.9. The second kappa shape index (κ2) is 6.36. The molecule has 1 aromatic rings. The zero-order valence-electron chi connectivity index (χ0n) is 8.67. The zero-order valence-corrected chi connectivity index (χ0v) is 10.2. The monoisotopic (exact) mass is 247 g/mol. The van der Waals surface area contributed by atoms with Gasteiger partial charge in [0.1, 0.15) is 5.82 Å². The SMILES string of the molecule is CCSCC(N)Cc1cc(F)ccc1Cl. The third kappa shape index (κ3) is 4.41. The second-order valence-electron chi connectivity index (χ2n) is 3.36. The normalized spacial score (nSPS) is 12.8. The Morgan fingerprint density at radius 3 is 2.93 bits per heavy atom. The largest absolute Gasteiger partial charge is 0.327 e. The molecule has 15 heavy (non-hydrogen) atoms. The van der Waals surface area contributed by atoms with E-state index in [2.05, 4.69) is 6.92 Å². The van der Waals surface area contributed by atoms with Gasteiger partial charge in [-0.2, -0.15) is 11.8 Å². The van der Waals surface area contributed by atoms with E-state index >= 15 is 0 Å². The number of halogens is 2. The van der Waals surface area contributed by atoms with Crippen molar-refractivity contribution < 1.29 is 4.39 Å². The number of hydrogen-bond donors (Lipinski definition) is 1. The number of hydrogen-bond acceptors (Lipinski definition) is 2. The summed E-state index contributed by atoms with van der Waals surface area (Å²) >= 11 is 7.73. The third-order valence-electron chi connectivity index (χ3n) is 2.03. The maximum absolute atomic E-state index is 12.9. The Labute approximate surface area is 99.2 Å². The minimum absolute atomic E-state index is 0.0363. The van der Waals surface area contributed by atoms with Gasteiger partial charge in [-0.3, -0.25) is 0 Å². The highest BCUT2D eigenvalue weighted by Crippen LogP contribution is 2.19. The van der Waals surface area contributed by atoms with Gasteiger partial charge in [0.05, 0.1) is 0 Å². The second-order valence-corrected chi connectivity index (χ2v) is 5.09. The summed E-state index contributed by atoms with van der Waals surface area (Å²) in [6, 6.07) is 4.43. The molecule has 0 amide bonds. The number of nitrogens with two attached hydrogens (primary N) is 1. The van der Waals surface area contributed by atoms with Crippen molar-refractivity contribution in [2.45, 2.75) is 19.4 Å². The molecular weight excluding hydrogens is 233 g/mol. The maximum Gasteiger partial charge on any atom is 0.123 e. The number of rotatable bonds is 5. The Morgan fingerprint density at radius 2 is 2.27 bits per heavy atom. The Bertz CT molecular complexity index is 319. The van der Waals surface area contributed by atoms with E-state index in [9.17, 15) is 4.39 Å². The molecule has 84 valence electrons. The van der Waals surface area contributed by atoms with Gasteiger partial charge >= 0.3 is 0 Å². The quantitative estimate of drug-likeness (QED) is 0.865. The summed E-state index contributed by atoms with van der Waals surface area (Å²) in [5.41, 5.74) is 6.70. The van der Waals surface area contributed by atoms with Crippen LogP contribution in [0.2, 0.25) is 5.02 Å². The molecule has 0 saturated carbocycles. The molecule has 0 saturated heterocycles. The van der Waals surface area contributed by atoms with Gasteiger partial charge in [0, 0.05) is 16.8 Å². The highest BCUT2D eigenvalue weighted by molar-refractivity contribution is 7.99. The van der Waals surface area contributed by atoms with Crippen LogP contribution in [0.5, 0.6) is 0 Å². The molecule has 1 nitrogen and oxygen atoms in total. The fourth-order valence-electron chi connectivity index (χ4n) is 1.31. The zero-order chi connectivity index (χ0) is 11.3. The fraction of sp³-hybridized carbons (Fsp3) is 0.455. The van der Waals surface area contributed by atoms with E-state index in [-0.39, 0.29) is 11.9 Å². The highest BCUT2D eigenvalue weighted by atomic mass is 35.5. The van der Waals surface area contributed by atoms with Crippen LogP contribution in [0.1, 0.15) is 12.5 Å². The fourth-order valence-corrected chi connectivity index (χ4v) is 2.16. The van der Waals surface area contributed by atoms with Crippen LogP contribution >= 0.6 is 23.4 Å². The molecule has 0 aliphatic heterocycles. The molecule has 1 atom stereocenters. The van der Waals surface area contributed by atoms with Crippen molar-refractivity contribution in [3.05, 3.63) is 34.6 Å². The van der Waals surface area contributed by atoms with Crippen LogP contribution in [0, 0.1) is 5.82 Å². The van der Waals surface area contributed by atoms with Gasteiger partial charge in [0.25, 0.3) is 0 Å². The first kappa shape index (κ1) is 12.8. The molecule has 0 bridgehead atoms. The topological polar surface area (TPSA) is 26.0 Å². The predicted octanol–water partition coefficient (Wildman–Crippen LogP) is 3.10. The first-order valence-electron chi connectivity index (χ1n) is 4.90. The van der Waals surface area contributed by atoms with Crippen molar-refractivity contribution in [3.8, 4) is 0 Å². The Kier molecular flexibility index (Phi) is 5.43. The molecular formula is C11H15ClFNS. The van der Waals surface area contributed by atoms with Crippen molar-refractivity contribution in [1.82, 2.24) is 0 Å². The van der Waals surface area contributed by atoms with Gasteiger partial charge in [0.2, 0.25) is 0 Å². The molecule has 0 radical (unpaired) electrons. The van der Waals surface area contributed by atoms with Gasteiger partial charge in [-0.15, -0.1) is 0 Å². The smallest absolute Gasteiger partial charge is 0.123 e. The third-order valence-corrected chi connectivity index (χ3v) is 3.47. The van der Waals surface area contributed by atoms with E-state index in [1.807, 2.05) is 0 Å². The summed E-state index contributed by atoms with van der Waals surface area (Å²) < 4.78 is 12.9. The number of benzene rings is 1. The lowest BCUT2D eigenvalue weighted by Gasteiger charge is -2.11. The first-order chi connectivity index (χ1) is 7.13. The average molecular weight is 248 g/mol. The van der Waals surface area contributed by atoms with E-state index in [0.717, 1.165) is 17.1 Å². The lowest BCUT2D eigenvalue weighted by molar-refractivity contribution is 0.623. The van der Waals surface area contributed by atoms with Gasteiger partial charge in [0.15, 0.2) is 0 Å².